The highest BCUT2D eigenvalue weighted by Gasteiger charge is 2.12. The fourth-order valence-corrected chi connectivity index (χ4v) is 1.43. The summed E-state index contributed by atoms with van der Waals surface area (Å²) in [5, 5.41) is 9.47. The molecule has 0 saturated heterocycles. The number of carbonyl (C=O) groups excluding carboxylic acids is 1. The average molecular weight is 282 g/mol. The summed E-state index contributed by atoms with van der Waals surface area (Å²) in [5.74, 6) is -0.120. The molecule has 0 fully saturated rings. The number of nitrogens with zero attached hydrogens (tertiary/aromatic N) is 3. The number of pyridine rings is 1. The summed E-state index contributed by atoms with van der Waals surface area (Å²) < 4.78 is 0. The maximum Gasteiger partial charge on any atom is 0.272 e. The quantitative estimate of drug-likeness (QED) is 0.791. The van der Waals surface area contributed by atoms with E-state index in [4.69, 9.17) is 5.26 Å². The van der Waals surface area contributed by atoms with Gasteiger partial charge in [0.05, 0.1) is 5.56 Å². The number of halogens is 1. The lowest BCUT2D eigenvalue weighted by atomic mass is 10.2. The van der Waals surface area contributed by atoms with Crippen LogP contribution < -0.4 is 0 Å². The predicted molar refractivity (Wildman–Crippen MR) is 64.3 cm³/mol. The van der Waals surface area contributed by atoms with Crippen LogP contribution in [0, 0.1) is 11.3 Å². The zero-order valence-corrected chi connectivity index (χ0v) is 10.6. The highest BCUT2D eigenvalue weighted by atomic mass is 79.9. The van der Waals surface area contributed by atoms with E-state index in [-0.39, 0.29) is 5.91 Å². The Kier molecular flexibility index (Phi) is 4.93. The third kappa shape index (κ3) is 3.31. The molecule has 0 aliphatic rings. The molecular formula is C11H12BrN3O. The van der Waals surface area contributed by atoms with Gasteiger partial charge in [-0.25, -0.2) is 4.98 Å². The summed E-state index contributed by atoms with van der Waals surface area (Å²) in [6.07, 6.45) is 2.31. The van der Waals surface area contributed by atoms with Gasteiger partial charge in [-0.05, 0) is 18.6 Å². The highest BCUT2D eigenvalue weighted by molar-refractivity contribution is 9.09. The molecule has 1 heterocycles. The molecule has 4 nitrogen and oxygen atoms in total. The van der Waals surface area contributed by atoms with E-state index < -0.39 is 0 Å². The second-order valence-corrected chi connectivity index (χ2v) is 4.11. The lowest BCUT2D eigenvalue weighted by molar-refractivity contribution is 0.0790. The third-order valence-corrected chi connectivity index (χ3v) is 2.65. The van der Waals surface area contributed by atoms with E-state index in [2.05, 4.69) is 20.9 Å². The first-order valence-electron chi connectivity index (χ1n) is 4.86. The van der Waals surface area contributed by atoms with Gasteiger partial charge in [-0.15, -0.1) is 0 Å². The summed E-state index contributed by atoms with van der Waals surface area (Å²) in [6, 6.07) is 5.13. The minimum atomic E-state index is -0.120. The van der Waals surface area contributed by atoms with Crippen molar-refractivity contribution in [3.63, 3.8) is 0 Å². The van der Waals surface area contributed by atoms with Gasteiger partial charge >= 0.3 is 0 Å². The van der Waals surface area contributed by atoms with Gasteiger partial charge < -0.3 is 4.90 Å². The van der Waals surface area contributed by atoms with Crippen molar-refractivity contribution in [2.24, 2.45) is 0 Å². The number of aromatic nitrogens is 1. The van der Waals surface area contributed by atoms with Gasteiger partial charge in [0.1, 0.15) is 11.8 Å². The number of hydrogen-bond donors (Lipinski definition) is 0. The molecule has 1 rings (SSSR count). The second kappa shape index (κ2) is 6.23. The fraction of sp³-hybridized carbons (Fsp3) is 0.364. The predicted octanol–water partition coefficient (Wildman–Crippen LogP) is 1.81. The van der Waals surface area contributed by atoms with E-state index in [1.807, 2.05) is 6.07 Å². The Morgan fingerprint density at radius 1 is 1.62 bits per heavy atom. The van der Waals surface area contributed by atoms with Gasteiger partial charge in [-0.2, -0.15) is 5.26 Å². The molecule has 0 N–H and O–H groups in total. The van der Waals surface area contributed by atoms with Crippen LogP contribution in [0.2, 0.25) is 0 Å². The Hall–Kier alpha value is -1.41. The van der Waals surface area contributed by atoms with Crippen LogP contribution >= 0.6 is 15.9 Å². The van der Waals surface area contributed by atoms with Crippen molar-refractivity contribution in [2.45, 2.75) is 6.42 Å². The molecule has 1 amide bonds. The summed E-state index contributed by atoms with van der Waals surface area (Å²) in [6.45, 7) is 0.686. The average Bonchev–Trinajstić information content (AvgIpc) is 2.35. The number of nitriles is 1. The molecule has 0 saturated carbocycles. The van der Waals surface area contributed by atoms with E-state index in [1.165, 1.54) is 6.20 Å². The van der Waals surface area contributed by atoms with Crippen LogP contribution in [0.25, 0.3) is 0 Å². The molecule has 0 atom stereocenters. The van der Waals surface area contributed by atoms with Crippen LogP contribution in [-0.4, -0.2) is 34.7 Å². The first-order valence-corrected chi connectivity index (χ1v) is 5.98. The van der Waals surface area contributed by atoms with Crippen LogP contribution in [0.5, 0.6) is 0 Å². The Morgan fingerprint density at radius 2 is 2.38 bits per heavy atom. The maximum atomic E-state index is 11.8. The van der Waals surface area contributed by atoms with Crippen molar-refractivity contribution in [1.82, 2.24) is 9.88 Å². The lowest BCUT2D eigenvalue weighted by Gasteiger charge is -2.15. The fourth-order valence-electron chi connectivity index (χ4n) is 1.18. The topological polar surface area (TPSA) is 57.0 Å². The van der Waals surface area contributed by atoms with Crippen molar-refractivity contribution in [3.05, 3.63) is 29.6 Å². The van der Waals surface area contributed by atoms with E-state index in [0.717, 1.165) is 11.8 Å². The number of alkyl halides is 1. The molecule has 0 radical (unpaired) electrons. The minimum absolute atomic E-state index is 0.120. The van der Waals surface area contributed by atoms with Crippen LogP contribution in [0.3, 0.4) is 0 Å². The summed E-state index contributed by atoms with van der Waals surface area (Å²) in [4.78, 5) is 17.4. The molecule has 1 aromatic heterocycles. The van der Waals surface area contributed by atoms with Crippen molar-refractivity contribution in [3.8, 4) is 6.07 Å². The second-order valence-electron chi connectivity index (χ2n) is 3.31. The zero-order valence-electron chi connectivity index (χ0n) is 8.98. The van der Waals surface area contributed by atoms with Crippen LogP contribution in [-0.2, 0) is 0 Å². The molecule has 0 bridgehead atoms. The Balaban J connectivity index is 2.69. The van der Waals surface area contributed by atoms with Crippen LogP contribution in [0.4, 0.5) is 0 Å². The van der Waals surface area contributed by atoms with Crippen molar-refractivity contribution >= 4 is 21.8 Å². The summed E-state index contributed by atoms with van der Waals surface area (Å²) in [7, 11) is 1.74. The third-order valence-electron chi connectivity index (χ3n) is 2.09. The normalized spacial score (nSPS) is 9.56. The van der Waals surface area contributed by atoms with Crippen molar-refractivity contribution < 1.29 is 4.79 Å². The Labute approximate surface area is 103 Å². The van der Waals surface area contributed by atoms with Crippen molar-refractivity contribution in [1.29, 1.82) is 5.26 Å². The number of amides is 1. The Morgan fingerprint density at radius 3 is 2.88 bits per heavy atom. The molecule has 0 spiro atoms. The molecule has 0 aromatic carbocycles. The zero-order chi connectivity index (χ0) is 12.0. The molecule has 84 valence electrons. The largest absolute Gasteiger partial charge is 0.340 e. The van der Waals surface area contributed by atoms with Crippen LogP contribution in [0.15, 0.2) is 18.3 Å². The van der Waals surface area contributed by atoms with E-state index >= 15 is 0 Å². The number of rotatable bonds is 4. The van der Waals surface area contributed by atoms with Gasteiger partial charge in [0.25, 0.3) is 5.91 Å². The summed E-state index contributed by atoms with van der Waals surface area (Å²) in [5.41, 5.74) is 0.829. The molecule has 5 heteroatoms. The SMILES string of the molecule is CN(CCCBr)C(=O)c1ccc(C#N)cn1. The standard InChI is InChI=1S/C11H12BrN3O/c1-15(6-2-5-12)11(16)10-4-3-9(7-13)8-14-10/h3-4,8H,2,5-6H2,1H3. The van der Waals surface area contributed by atoms with Gasteiger partial charge in [0, 0.05) is 25.1 Å². The van der Waals surface area contributed by atoms with E-state index in [1.54, 1.807) is 24.1 Å². The highest BCUT2D eigenvalue weighted by Crippen LogP contribution is 2.03. The van der Waals surface area contributed by atoms with Crippen LogP contribution in [0.1, 0.15) is 22.5 Å². The van der Waals surface area contributed by atoms with E-state index in [0.29, 0.717) is 17.8 Å². The first kappa shape index (κ1) is 12.7. The lowest BCUT2D eigenvalue weighted by Crippen LogP contribution is -2.28. The molecule has 16 heavy (non-hydrogen) atoms. The smallest absolute Gasteiger partial charge is 0.272 e. The molecule has 0 unspecified atom stereocenters. The van der Waals surface area contributed by atoms with Crippen molar-refractivity contribution in [2.75, 3.05) is 18.9 Å². The number of carbonyl (C=O) groups is 1. The summed E-state index contributed by atoms with van der Waals surface area (Å²) >= 11 is 3.31. The molecule has 0 aliphatic heterocycles. The van der Waals surface area contributed by atoms with Gasteiger partial charge in [-0.1, -0.05) is 15.9 Å². The van der Waals surface area contributed by atoms with Gasteiger partial charge in [0.2, 0.25) is 0 Å². The minimum Gasteiger partial charge on any atom is -0.340 e. The first-order chi connectivity index (χ1) is 7.69. The van der Waals surface area contributed by atoms with Gasteiger partial charge in [0.15, 0.2) is 0 Å². The van der Waals surface area contributed by atoms with E-state index in [9.17, 15) is 4.79 Å². The van der Waals surface area contributed by atoms with Gasteiger partial charge in [-0.3, -0.25) is 4.79 Å². The molecule has 0 aliphatic carbocycles. The molecule has 1 aromatic rings. The number of hydrogen-bond acceptors (Lipinski definition) is 3. The monoisotopic (exact) mass is 281 g/mol. The Bertz CT molecular complexity index is 397. The molecular weight excluding hydrogens is 270 g/mol. The maximum absolute atomic E-state index is 11.8.